The number of rotatable bonds is 5. The molecule has 3 N–H and O–H groups in total. The lowest BCUT2D eigenvalue weighted by molar-refractivity contribution is 0.406. The molecule has 21 heavy (non-hydrogen) atoms. The van der Waals surface area contributed by atoms with Crippen molar-refractivity contribution < 1.29 is 0 Å². The first-order chi connectivity index (χ1) is 9.33. The van der Waals surface area contributed by atoms with Gasteiger partial charge in [0.15, 0.2) is 5.96 Å². The monoisotopic (exact) mass is 403 g/mol. The summed E-state index contributed by atoms with van der Waals surface area (Å²) >= 11 is 0. The lowest BCUT2D eigenvalue weighted by atomic mass is 9.76. The van der Waals surface area contributed by atoms with Crippen molar-refractivity contribution in [1.82, 2.24) is 5.32 Å². The Hall–Kier alpha value is -0.780. The summed E-state index contributed by atoms with van der Waals surface area (Å²) in [6.45, 7) is 11.4. The van der Waals surface area contributed by atoms with E-state index in [0.717, 1.165) is 19.4 Å². The molecule has 1 aromatic rings. The predicted octanol–water partition coefficient (Wildman–Crippen LogP) is 4.07. The molecule has 0 aliphatic rings. The van der Waals surface area contributed by atoms with Gasteiger partial charge in [-0.25, -0.2) is 0 Å². The maximum atomic E-state index is 5.99. The van der Waals surface area contributed by atoms with Gasteiger partial charge in [-0.15, -0.1) is 24.0 Å². The van der Waals surface area contributed by atoms with Gasteiger partial charge in [0.1, 0.15) is 0 Å². The Morgan fingerprint density at radius 2 is 1.62 bits per heavy atom. The third-order valence-electron chi connectivity index (χ3n) is 3.79. The van der Waals surface area contributed by atoms with Gasteiger partial charge >= 0.3 is 0 Å². The van der Waals surface area contributed by atoms with Crippen LogP contribution in [0, 0.1) is 0 Å². The summed E-state index contributed by atoms with van der Waals surface area (Å²) in [4.78, 5) is 4.58. The molecule has 0 radical (unpaired) electrons. The minimum atomic E-state index is -0.0541. The zero-order valence-corrected chi connectivity index (χ0v) is 16.3. The van der Waals surface area contributed by atoms with Gasteiger partial charge in [0.2, 0.25) is 0 Å². The average molecular weight is 403 g/mol. The van der Waals surface area contributed by atoms with Gasteiger partial charge in [-0.1, -0.05) is 44.2 Å². The molecule has 0 aliphatic carbocycles. The second-order valence-corrected chi connectivity index (χ2v) is 6.43. The fourth-order valence-corrected chi connectivity index (χ4v) is 2.43. The van der Waals surface area contributed by atoms with E-state index >= 15 is 0 Å². The maximum absolute atomic E-state index is 5.99. The van der Waals surface area contributed by atoms with Gasteiger partial charge in [-0.2, -0.15) is 0 Å². The second-order valence-electron chi connectivity index (χ2n) is 6.43. The zero-order chi connectivity index (χ0) is 15.2. The predicted molar refractivity (Wildman–Crippen MR) is 103 cm³/mol. The molecular formula is C17H30IN3. The summed E-state index contributed by atoms with van der Waals surface area (Å²) in [5.74, 6) is 0.528. The molecule has 0 bridgehead atoms. The molecule has 0 saturated heterocycles. The summed E-state index contributed by atoms with van der Waals surface area (Å²) in [5, 5.41) is 3.22. The number of nitrogens with two attached hydrogens (primary N) is 1. The van der Waals surface area contributed by atoms with E-state index in [4.69, 9.17) is 5.73 Å². The first-order valence-electron chi connectivity index (χ1n) is 7.46. The van der Waals surface area contributed by atoms with Crippen molar-refractivity contribution in [3.63, 3.8) is 0 Å². The zero-order valence-electron chi connectivity index (χ0n) is 13.9. The number of halogens is 1. The maximum Gasteiger partial charge on any atom is 0.189 e. The van der Waals surface area contributed by atoms with Gasteiger partial charge in [0.25, 0.3) is 0 Å². The van der Waals surface area contributed by atoms with E-state index < -0.39 is 0 Å². The van der Waals surface area contributed by atoms with Gasteiger partial charge in [0.05, 0.1) is 6.54 Å². The molecule has 0 saturated carbocycles. The molecule has 1 rings (SSSR count). The van der Waals surface area contributed by atoms with Crippen molar-refractivity contribution >= 4 is 29.9 Å². The topological polar surface area (TPSA) is 50.4 Å². The van der Waals surface area contributed by atoms with Gasteiger partial charge < -0.3 is 11.1 Å². The quantitative estimate of drug-likeness (QED) is 0.443. The molecule has 120 valence electrons. The Balaban J connectivity index is 0.00000400. The lowest BCUT2D eigenvalue weighted by Gasteiger charge is -2.31. The molecule has 1 aromatic carbocycles. The molecule has 0 atom stereocenters. The van der Waals surface area contributed by atoms with Crippen LogP contribution in [0.2, 0.25) is 0 Å². The molecule has 0 spiro atoms. The summed E-state index contributed by atoms with van der Waals surface area (Å²) in [7, 11) is 0. The van der Waals surface area contributed by atoms with Crippen molar-refractivity contribution in [2.75, 3.05) is 6.54 Å². The van der Waals surface area contributed by atoms with E-state index in [0.29, 0.717) is 5.96 Å². The Morgan fingerprint density at radius 3 is 2.05 bits per heavy atom. The largest absolute Gasteiger partial charge is 0.370 e. The molecular weight excluding hydrogens is 373 g/mol. The van der Waals surface area contributed by atoms with Crippen LogP contribution in [0.4, 0.5) is 0 Å². The molecule has 0 fully saturated rings. The standard InChI is InChI=1S/C17H29N3.HI/c1-6-17(7-2,14-11-9-8-10-12-14)13-19-15(18)20-16(3,4)5;/h8-12H,6-7,13H2,1-5H3,(H3,18,19,20);1H. The van der Waals surface area contributed by atoms with Gasteiger partial charge in [-0.05, 0) is 39.2 Å². The minimum absolute atomic E-state index is 0. The van der Waals surface area contributed by atoms with E-state index in [-0.39, 0.29) is 34.9 Å². The molecule has 0 amide bonds. The average Bonchev–Trinajstić information content (AvgIpc) is 2.40. The third kappa shape index (κ3) is 6.24. The first kappa shape index (κ1) is 20.2. The second kappa shape index (κ2) is 8.61. The highest BCUT2D eigenvalue weighted by atomic mass is 127. The van der Waals surface area contributed by atoms with Crippen LogP contribution in [0.25, 0.3) is 0 Å². The third-order valence-corrected chi connectivity index (χ3v) is 3.79. The van der Waals surface area contributed by atoms with E-state index in [1.165, 1.54) is 5.56 Å². The van der Waals surface area contributed by atoms with Gasteiger partial charge in [-0.3, -0.25) is 4.99 Å². The van der Waals surface area contributed by atoms with Crippen LogP contribution in [0.3, 0.4) is 0 Å². The van der Waals surface area contributed by atoms with Crippen LogP contribution in [-0.2, 0) is 5.41 Å². The highest BCUT2D eigenvalue weighted by molar-refractivity contribution is 14.0. The molecule has 0 aromatic heterocycles. The number of nitrogens with one attached hydrogen (secondary N) is 1. The van der Waals surface area contributed by atoms with Crippen LogP contribution in [-0.4, -0.2) is 18.0 Å². The molecule has 0 heterocycles. The first-order valence-corrected chi connectivity index (χ1v) is 7.46. The van der Waals surface area contributed by atoms with E-state index in [2.05, 4.69) is 75.3 Å². The Morgan fingerprint density at radius 1 is 1.10 bits per heavy atom. The fraction of sp³-hybridized carbons (Fsp3) is 0.588. The van der Waals surface area contributed by atoms with E-state index in [9.17, 15) is 0 Å². The minimum Gasteiger partial charge on any atom is -0.370 e. The van der Waals surface area contributed by atoms with Gasteiger partial charge in [0, 0.05) is 11.0 Å². The summed E-state index contributed by atoms with van der Waals surface area (Å²) in [6.07, 6.45) is 2.11. The highest BCUT2D eigenvalue weighted by Gasteiger charge is 2.28. The van der Waals surface area contributed by atoms with Crippen molar-refractivity contribution in [2.24, 2.45) is 10.7 Å². The highest BCUT2D eigenvalue weighted by Crippen LogP contribution is 2.31. The molecule has 0 aliphatic heterocycles. The number of benzene rings is 1. The van der Waals surface area contributed by atoms with Crippen LogP contribution >= 0.6 is 24.0 Å². The van der Waals surface area contributed by atoms with Crippen molar-refractivity contribution in [3.05, 3.63) is 35.9 Å². The summed E-state index contributed by atoms with van der Waals surface area (Å²) < 4.78 is 0. The molecule has 0 unspecified atom stereocenters. The SMILES string of the molecule is CCC(CC)(CN=C(N)NC(C)(C)C)c1ccccc1.I. The number of nitrogens with zero attached hydrogens (tertiary/aromatic N) is 1. The molecule has 4 heteroatoms. The van der Waals surface area contributed by atoms with E-state index in [1.807, 2.05) is 0 Å². The van der Waals surface area contributed by atoms with Crippen molar-refractivity contribution in [1.29, 1.82) is 0 Å². The van der Waals surface area contributed by atoms with E-state index in [1.54, 1.807) is 0 Å². The lowest BCUT2D eigenvalue weighted by Crippen LogP contribution is -2.45. The molecule has 3 nitrogen and oxygen atoms in total. The van der Waals surface area contributed by atoms with Crippen molar-refractivity contribution in [2.45, 2.75) is 58.4 Å². The number of guanidine groups is 1. The van der Waals surface area contributed by atoms with Crippen molar-refractivity contribution in [3.8, 4) is 0 Å². The number of hydrogen-bond donors (Lipinski definition) is 2. The Bertz CT molecular complexity index is 431. The fourth-order valence-electron chi connectivity index (χ4n) is 2.43. The number of hydrogen-bond acceptors (Lipinski definition) is 1. The van der Waals surface area contributed by atoms with Crippen LogP contribution in [0.5, 0.6) is 0 Å². The summed E-state index contributed by atoms with van der Waals surface area (Å²) in [5.41, 5.74) is 7.36. The van der Waals surface area contributed by atoms with Crippen LogP contribution in [0.15, 0.2) is 35.3 Å². The number of aliphatic imine (C=N–C) groups is 1. The smallest absolute Gasteiger partial charge is 0.189 e. The van der Waals surface area contributed by atoms with Crippen LogP contribution < -0.4 is 11.1 Å². The summed E-state index contributed by atoms with van der Waals surface area (Å²) in [6, 6.07) is 10.6. The van der Waals surface area contributed by atoms with Crippen LogP contribution in [0.1, 0.15) is 53.0 Å². The Labute approximate surface area is 146 Å². The Kier molecular flexibility index (Phi) is 8.29. The normalized spacial score (nSPS) is 12.7.